The van der Waals surface area contributed by atoms with Gasteiger partial charge < -0.3 is 0 Å². The number of nitrogens with one attached hydrogen (secondary N) is 1. The Morgan fingerprint density at radius 3 is 2.68 bits per heavy atom. The maximum atomic E-state index is 12.6. The highest BCUT2D eigenvalue weighted by molar-refractivity contribution is 9.10. The molecular weight excluding hydrogens is 404 g/mol. The number of halogens is 1. The number of hydrogen-bond acceptors (Lipinski definition) is 4. The number of pyridine rings is 1. The molecule has 0 aliphatic carbocycles. The Hall–Kier alpha value is -1.77. The van der Waals surface area contributed by atoms with Gasteiger partial charge in [-0.2, -0.15) is 5.10 Å². The molecule has 6 nitrogen and oxygen atoms in total. The molecule has 2 aromatic heterocycles. The predicted octanol–water partition coefficient (Wildman–Crippen LogP) is 3.18. The zero-order chi connectivity index (χ0) is 18.0. The lowest BCUT2D eigenvalue weighted by Gasteiger charge is -2.09. The number of aromatic nitrogens is 3. The number of hydrogen-bond donors (Lipinski definition) is 1. The van der Waals surface area contributed by atoms with Gasteiger partial charge in [0.15, 0.2) is 0 Å². The predicted molar refractivity (Wildman–Crippen MR) is 101 cm³/mol. The van der Waals surface area contributed by atoms with Gasteiger partial charge >= 0.3 is 0 Å². The van der Waals surface area contributed by atoms with Gasteiger partial charge in [-0.3, -0.25) is 9.67 Å². The van der Waals surface area contributed by atoms with Crippen LogP contribution >= 0.6 is 15.9 Å². The first-order chi connectivity index (χ1) is 11.9. The second kappa shape index (κ2) is 7.23. The molecule has 0 spiro atoms. The normalized spacial score (nSPS) is 12.0. The number of rotatable bonds is 6. The van der Waals surface area contributed by atoms with Gasteiger partial charge in [-0.05, 0) is 48.3 Å². The van der Waals surface area contributed by atoms with Crippen molar-refractivity contribution in [2.75, 3.05) is 6.54 Å². The summed E-state index contributed by atoms with van der Waals surface area (Å²) in [5, 5.41) is 5.23. The number of fused-ring (bicyclic) bond motifs is 1. The summed E-state index contributed by atoms with van der Waals surface area (Å²) in [7, 11) is -3.61. The van der Waals surface area contributed by atoms with Crippen molar-refractivity contribution in [1.29, 1.82) is 0 Å². The summed E-state index contributed by atoms with van der Waals surface area (Å²) in [6.07, 6.45) is 2.24. The average molecular weight is 423 g/mol. The summed E-state index contributed by atoms with van der Waals surface area (Å²) in [4.78, 5) is 4.42. The van der Waals surface area contributed by atoms with E-state index >= 15 is 0 Å². The lowest BCUT2D eigenvalue weighted by atomic mass is 10.2. The van der Waals surface area contributed by atoms with Gasteiger partial charge in [-0.25, -0.2) is 13.1 Å². The number of para-hydroxylation sites is 1. The molecule has 0 atom stereocenters. The van der Waals surface area contributed by atoms with Gasteiger partial charge in [-0.1, -0.05) is 18.2 Å². The molecule has 0 saturated carbocycles. The smallest absolute Gasteiger partial charge is 0.242 e. The topological polar surface area (TPSA) is 76.9 Å². The van der Waals surface area contributed by atoms with Crippen molar-refractivity contribution in [3.05, 3.63) is 52.4 Å². The quantitative estimate of drug-likeness (QED) is 0.618. The standard InChI is InChI=1S/C17H19BrN4O2S/c1-12-16(18)13(2)22(21-12)11-5-10-20-25(23,24)15-8-3-6-14-7-4-9-19-17(14)15/h3-4,6-9,20H,5,10-11H2,1-2H3. The van der Waals surface area contributed by atoms with Crippen LogP contribution in [0.25, 0.3) is 10.9 Å². The van der Waals surface area contributed by atoms with Crippen molar-refractivity contribution in [3.8, 4) is 0 Å². The van der Waals surface area contributed by atoms with Gasteiger partial charge in [0.05, 0.1) is 15.7 Å². The molecule has 25 heavy (non-hydrogen) atoms. The Labute approximate surface area is 155 Å². The fourth-order valence-electron chi connectivity index (χ4n) is 2.70. The van der Waals surface area contributed by atoms with E-state index in [4.69, 9.17) is 0 Å². The van der Waals surface area contributed by atoms with E-state index in [-0.39, 0.29) is 4.90 Å². The first-order valence-corrected chi connectivity index (χ1v) is 10.2. The van der Waals surface area contributed by atoms with Gasteiger partial charge in [0, 0.05) is 30.4 Å². The van der Waals surface area contributed by atoms with Crippen molar-refractivity contribution < 1.29 is 8.42 Å². The summed E-state index contributed by atoms with van der Waals surface area (Å²) in [6.45, 7) is 4.90. The largest absolute Gasteiger partial charge is 0.268 e. The second-order valence-electron chi connectivity index (χ2n) is 5.79. The number of aryl methyl sites for hydroxylation is 2. The molecule has 0 radical (unpaired) electrons. The summed E-state index contributed by atoms with van der Waals surface area (Å²) < 4.78 is 30.7. The first-order valence-electron chi connectivity index (χ1n) is 7.93. The van der Waals surface area contributed by atoms with Crippen LogP contribution in [0, 0.1) is 13.8 Å². The van der Waals surface area contributed by atoms with Gasteiger partial charge in [0.1, 0.15) is 4.90 Å². The fraction of sp³-hybridized carbons (Fsp3) is 0.294. The highest BCUT2D eigenvalue weighted by Gasteiger charge is 2.17. The molecule has 0 fully saturated rings. The Bertz CT molecular complexity index is 1010. The monoisotopic (exact) mass is 422 g/mol. The van der Waals surface area contributed by atoms with Crippen LogP contribution in [0.1, 0.15) is 17.8 Å². The van der Waals surface area contributed by atoms with Crippen molar-refractivity contribution >= 4 is 36.9 Å². The van der Waals surface area contributed by atoms with Crippen LogP contribution in [0.2, 0.25) is 0 Å². The van der Waals surface area contributed by atoms with E-state index in [0.29, 0.717) is 25.0 Å². The van der Waals surface area contributed by atoms with Crippen LogP contribution in [0.5, 0.6) is 0 Å². The molecule has 0 aliphatic heterocycles. The molecule has 0 amide bonds. The molecule has 132 valence electrons. The Morgan fingerprint density at radius 2 is 1.96 bits per heavy atom. The van der Waals surface area contributed by atoms with E-state index < -0.39 is 10.0 Å². The molecule has 0 bridgehead atoms. The molecule has 0 unspecified atom stereocenters. The van der Waals surface area contributed by atoms with Crippen LogP contribution in [0.3, 0.4) is 0 Å². The van der Waals surface area contributed by atoms with Gasteiger partial charge in [0.25, 0.3) is 0 Å². The zero-order valence-corrected chi connectivity index (χ0v) is 16.4. The van der Waals surface area contributed by atoms with E-state index in [9.17, 15) is 8.42 Å². The third kappa shape index (κ3) is 3.75. The molecule has 0 aliphatic rings. The number of sulfonamides is 1. The maximum Gasteiger partial charge on any atom is 0.242 e. The van der Waals surface area contributed by atoms with Crippen molar-refractivity contribution in [1.82, 2.24) is 19.5 Å². The van der Waals surface area contributed by atoms with Crippen LogP contribution in [-0.4, -0.2) is 29.7 Å². The van der Waals surface area contributed by atoms with E-state index in [1.165, 1.54) is 0 Å². The Kier molecular flexibility index (Phi) is 5.21. The van der Waals surface area contributed by atoms with E-state index in [1.54, 1.807) is 24.4 Å². The second-order valence-corrected chi connectivity index (χ2v) is 8.32. The minimum atomic E-state index is -3.61. The number of benzene rings is 1. The van der Waals surface area contributed by atoms with Crippen molar-refractivity contribution in [2.45, 2.75) is 31.7 Å². The molecule has 1 aromatic carbocycles. The third-order valence-corrected chi connectivity index (χ3v) is 6.66. The molecular formula is C17H19BrN4O2S. The maximum absolute atomic E-state index is 12.6. The molecule has 2 heterocycles. The zero-order valence-electron chi connectivity index (χ0n) is 14.0. The average Bonchev–Trinajstić information content (AvgIpc) is 2.85. The molecule has 0 saturated heterocycles. The number of nitrogens with zero attached hydrogens (tertiary/aromatic N) is 3. The van der Waals surface area contributed by atoms with Crippen LogP contribution in [-0.2, 0) is 16.6 Å². The summed E-state index contributed by atoms with van der Waals surface area (Å²) >= 11 is 3.49. The minimum Gasteiger partial charge on any atom is -0.268 e. The highest BCUT2D eigenvalue weighted by Crippen LogP contribution is 2.21. The third-order valence-electron chi connectivity index (χ3n) is 4.02. The highest BCUT2D eigenvalue weighted by atomic mass is 79.9. The van der Waals surface area contributed by atoms with Gasteiger partial charge in [-0.15, -0.1) is 0 Å². The first kappa shape index (κ1) is 18.0. The summed E-state index contributed by atoms with van der Waals surface area (Å²) in [5.41, 5.74) is 2.46. The Balaban J connectivity index is 1.68. The summed E-state index contributed by atoms with van der Waals surface area (Å²) in [5.74, 6) is 0. The van der Waals surface area contributed by atoms with E-state index in [1.807, 2.05) is 30.7 Å². The van der Waals surface area contributed by atoms with E-state index in [0.717, 1.165) is 21.2 Å². The molecule has 1 N–H and O–H groups in total. The SMILES string of the molecule is Cc1nn(CCCNS(=O)(=O)c2cccc3cccnc23)c(C)c1Br. The molecule has 3 aromatic rings. The van der Waals surface area contributed by atoms with Crippen molar-refractivity contribution in [3.63, 3.8) is 0 Å². The lowest BCUT2D eigenvalue weighted by molar-refractivity contribution is 0.544. The minimum absolute atomic E-state index is 0.208. The molecule has 3 rings (SSSR count). The van der Waals surface area contributed by atoms with E-state index in [2.05, 4.69) is 30.7 Å². The lowest BCUT2D eigenvalue weighted by Crippen LogP contribution is -2.26. The fourth-order valence-corrected chi connectivity index (χ4v) is 4.23. The van der Waals surface area contributed by atoms with Crippen LogP contribution in [0.4, 0.5) is 0 Å². The van der Waals surface area contributed by atoms with Crippen molar-refractivity contribution in [2.24, 2.45) is 0 Å². The Morgan fingerprint density at radius 1 is 1.20 bits per heavy atom. The van der Waals surface area contributed by atoms with Crippen LogP contribution in [0.15, 0.2) is 45.9 Å². The molecule has 8 heteroatoms. The summed E-state index contributed by atoms with van der Waals surface area (Å²) in [6, 6.07) is 8.80. The van der Waals surface area contributed by atoms with Crippen LogP contribution < -0.4 is 4.72 Å². The van der Waals surface area contributed by atoms with Gasteiger partial charge in [0.2, 0.25) is 10.0 Å².